The Bertz CT molecular complexity index is 489. The van der Waals surface area contributed by atoms with E-state index in [0.29, 0.717) is 12.3 Å². The van der Waals surface area contributed by atoms with E-state index in [0.717, 1.165) is 30.4 Å². The molecular formula is C19H29NO2. The number of carbonyl (C=O) groups excluding carboxylic acids is 1. The van der Waals surface area contributed by atoms with Gasteiger partial charge in [0.2, 0.25) is 0 Å². The van der Waals surface area contributed by atoms with Gasteiger partial charge in [-0.1, -0.05) is 62.9 Å². The summed E-state index contributed by atoms with van der Waals surface area (Å²) in [5.41, 5.74) is 10.0. The van der Waals surface area contributed by atoms with Gasteiger partial charge in [-0.05, 0) is 30.9 Å². The SMILES string of the molecule is CCCCCCOC(=O)C/C(CC)=C(/N)c1ccc(C)cc1. The molecule has 0 saturated carbocycles. The lowest BCUT2D eigenvalue weighted by atomic mass is 10.0. The Morgan fingerprint density at radius 1 is 1.09 bits per heavy atom. The van der Waals surface area contributed by atoms with Crippen LogP contribution >= 0.6 is 0 Å². The molecule has 3 heteroatoms. The van der Waals surface area contributed by atoms with E-state index in [4.69, 9.17) is 10.5 Å². The smallest absolute Gasteiger partial charge is 0.309 e. The molecule has 1 aromatic carbocycles. The van der Waals surface area contributed by atoms with Crippen LogP contribution in [0.25, 0.3) is 5.70 Å². The Balaban J connectivity index is 2.57. The summed E-state index contributed by atoms with van der Waals surface area (Å²) in [7, 11) is 0. The van der Waals surface area contributed by atoms with E-state index < -0.39 is 0 Å². The van der Waals surface area contributed by atoms with E-state index in [2.05, 4.69) is 6.92 Å². The molecule has 0 amide bonds. The number of hydrogen-bond acceptors (Lipinski definition) is 3. The van der Waals surface area contributed by atoms with E-state index in [1.807, 2.05) is 38.1 Å². The molecule has 0 aliphatic heterocycles. The normalized spacial score (nSPS) is 12.0. The van der Waals surface area contributed by atoms with Crippen molar-refractivity contribution in [2.45, 2.75) is 59.3 Å². The Morgan fingerprint density at radius 2 is 1.77 bits per heavy atom. The van der Waals surface area contributed by atoms with Crippen molar-refractivity contribution in [2.24, 2.45) is 5.73 Å². The molecule has 0 aromatic heterocycles. The highest BCUT2D eigenvalue weighted by atomic mass is 16.5. The summed E-state index contributed by atoms with van der Waals surface area (Å²) in [6, 6.07) is 8.05. The third-order valence-corrected chi connectivity index (χ3v) is 3.79. The zero-order valence-electron chi connectivity index (χ0n) is 14.2. The Kier molecular flexibility index (Phi) is 8.34. The van der Waals surface area contributed by atoms with Crippen LogP contribution in [0.2, 0.25) is 0 Å². The zero-order chi connectivity index (χ0) is 16.4. The maximum atomic E-state index is 11.9. The average Bonchev–Trinajstić information content (AvgIpc) is 2.52. The molecule has 0 spiro atoms. The first-order valence-electron chi connectivity index (χ1n) is 8.28. The molecule has 1 rings (SSSR count). The molecule has 122 valence electrons. The minimum absolute atomic E-state index is 0.177. The number of carbonyl (C=O) groups is 1. The second kappa shape index (κ2) is 10.0. The summed E-state index contributed by atoms with van der Waals surface area (Å²) < 4.78 is 5.30. The van der Waals surface area contributed by atoms with Gasteiger partial charge < -0.3 is 10.5 Å². The number of aryl methyl sites for hydroxylation is 1. The van der Waals surface area contributed by atoms with E-state index >= 15 is 0 Å². The quantitative estimate of drug-likeness (QED) is 0.536. The fraction of sp³-hybridized carbons (Fsp3) is 0.526. The van der Waals surface area contributed by atoms with Crippen LogP contribution in [0.4, 0.5) is 0 Å². The van der Waals surface area contributed by atoms with Gasteiger partial charge in [-0.15, -0.1) is 0 Å². The summed E-state index contributed by atoms with van der Waals surface area (Å²) in [5.74, 6) is -0.177. The monoisotopic (exact) mass is 303 g/mol. The predicted molar refractivity (Wildman–Crippen MR) is 92.3 cm³/mol. The van der Waals surface area contributed by atoms with Crippen molar-refractivity contribution in [1.29, 1.82) is 0 Å². The largest absolute Gasteiger partial charge is 0.465 e. The van der Waals surface area contributed by atoms with E-state index in [-0.39, 0.29) is 12.4 Å². The van der Waals surface area contributed by atoms with Gasteiger partial charge in [0.25, 0.3) is 0 Å². The first-order chi connectivity index (χ1) is 10.6. The molecule has 1 aromatic rings. The van der Waals surface area contributed by atoms with Gasteiger partial charge >= 0.3 is 5.97 Å². The van der Waals surface area contributed by atoms with Crippen molar-refractivity contribution in [3.05, 3.63) is 41.0 Å². The van der Waals surface area contributed by atoms with Crippen LogP contribution in [0, 0.1) is 6.92 Å². The van der Waals surface area contributed by atoms with Crippen LogP contribution in [-0.2, 0) is 9.53 Å². The molecule has 0 atom stereocenters. The van der Waals surface area contributed by atoms with E-state index in [1.54, 1.807) is 0 Å². The molecular weight excluding hydrogens is 274 g/mol. The fourth-order valence-corrected chi connectivity index (χ4v) is 2.29. The first kappa shape index (κ1) is 18.3. The molecule has 0 aliphatic rings. The Labute approximate surface area is 134 Å². The summed E-state index contributed by atoms with van der Waals surface area (Å²) in [5, 5.41) is 0. The van der Waals surface area contributed by atoms with Crippen molar-refractivity contribution in [1.82, 2.24) is 0 Å². The number of rotatable bonds is 9. The maximum absolute atomic E-state index is 11.9. The maximum Gasteiger partial charge on any atom is 0.309 e. The van der Waals surface area contributed by atoms with Crippen LogP contribution < -0.4 is 5.73 Å². The minimum Gasteiger partial charge on any atom is -0.465 e. The van der Waals surface area contributed by atoms with Crippen molar-refractivity contribution in [3.63, 3.8) is 0 Å². The topological polar surface area (TPSA) is 52.3 Å². The van der Waals surface area contributed by atoms with Crippen LogP contribution in [0.1, 0.15) is 63.5 Å². The zero-order valence-corrected chi connectivity index (χ0v) is 14.2. The van der Waals surface area contributed by atoms with Gasteiger partial charge in [0.05, 0.1) is 13.0 Å². The summed E-state index contributed by atoms with van der Waals surface area (Å²) in [6.07, 6.45) is 5.47. The summed E-state index contributed by atoms with van der Waals surface area (Å²) in [6.45, 7) is 6.74. The fourth-order valence-electron chi connectivity index (χ4n) is 2.29. The first-order valence-corrected chi connectivity index (χ1v) is 8.28. The molecule has 0 bridgehead atoms. The lowest BCUT2D eigenvalue weighted by Crippen LogP contribution is -2.10. The molecule has 0 radical (unpaired) electrons. The van der Waals surface area contributed by atoms with E-state index in [1.165, 1.54) is 18.4 Å². The number of benzene rings is 1. The van der Waals surface area contributed by atoms with Gasteiger partial charge in [-0.2, -0.15) is 0 Å². The highest BCUT2D eigenvalue weighted by molar-refractivity contribution is 5.77. The number of nitrogens with two attached hydrogens (primary N) is 1. The highest BCUT2D eigenvalue weighted by Crippen LogP contribution is 2.20. The molecule has 0 unspecified atom stereocenters. The van der Waals surface area contributed by atoms with Gasteiger partial charge in [0.1, 0.15) is 0 Å². The number of ether oxygens (including phenoxy) is 1. The third kappa shape index (κ3) is 6.33. The predicted octanol–water partition coefficient (Wildman–Crippen LogP) is 4.59. The molecule has 0 saturated heterocycles. The number of unbranched alkanes of at least 4 members (excludes halogenated alkanes) is 3. The average molecular weight is 303 g/mol. The van der Waals surface area contributed by atoms with Crippen LogP contribution in [-0.4, -0.2) is 12.6 Å². The second-order valence-corrected chi connectivity index (χ2v) is 5.69. The van der Waals surface area contributed by atoms with Crippen molar-refractivity contribution < 1.29 is 9.53 Å². The molecule has 0 aliphatic carbocycles. The lowest BCUT2D eigenvalue weighted by Gasteiger charge is -2.11. The summed E-state index contributed by atoms with van der Waals surface area (Å²) >= 11 is 0. The van der Waals surface area contributed by atoms with E-state index in [9.17, 15) is 4.79 Å². The van der Waals surface area contributed by atoms with Crippen molar-refractivity contribution >= 4 is 11.7 Å². The standard InChI is InChI=1S/C19H29NO2/c1-4-6-7-8-13-22-18(21)14-16(5-2)19(20)17-11-9-15(3)10-12-17/h9-12H,4-8,13-14,20H2,1-3H3/b19-16+. The van der Waals surface area contributed by atoms with Crippen molar-refractivity contribution in [2.75, 3.05) is 6.61 Å². The lowest BCUT2D eigenvalue weighted by molar-refractivity contribution is -0.142. The van der Waals surface area contributed by atoms with Gasteiger partial charge in [-0.3, -0.25) is 4.79 Å². The van der Waals surface area contributed by atoms with Gasteiger partial charge in [-0.25, -0.2) is 0 Å². The minimum atomic E-state index is -0.177. The van der Waals surface area contributed by atoms with Crippen LogP contribution in [0.3, 0.4) is 0 Å². The van der Waals surface area contributed by atoms with Crippen molar-refractivity contribution in [3.8, 4) is 0 Å². The van der Waals surface area contributed by atoms with Crippen LogP contribution in [0.15, 0.2) is 29.8 Å². The molecule has 22 heavy (non-hydrogen) atoms. The Morgan fingerprint density at radius 3 is 2.36 bits per heavy atom. The van der Waals surface area contributed by atoms with Gasteiger partial charge in [0, 0.05) is 5.70 Å². The van der Waals surface area contributed by atoms with Gasteiger partial charge in [0.15, 0.2) is 0 Å². The summed E-state index contributed by atoms with van der Waals surface area (Å²) in [4.78, 5) is 11.9. The second-order valence-electron chi connectivity index (χ2n) is 5.69. The highest BCUT2D eigenvalue weighted by Gasteiger charge is 2.11. The molecule has 2 N–H and O–H groups in total. The Hall–Kier alpha value is -1.77. The number of esters is 1. The molecule has 3 nitrogen and oxygen atoms in total. The number of hydrogen-bond donors (Lipinski definition) is 1. The van der Waals surface area contributed by atoms with Crippen LogP contribution in [0.5, 0.6) is 0 Å². The molecule has 0 fully saturated rings. The molecule has 0 heterocycles. The third-order valence-electron chi connectivity index (χ3n) is 3.79.